The average molecular weight is 579 g/mol. The Morgan fingerprint density at radius 3 is 1.46 bits per heavy atom. The molecule has 6 nitrogen and oxygen atoms in total. The van der Waals surface area contributed by atoms with Crippen molar-refractivity contribution in [1.29, 1.82) is 0 Å². The number of allylic oxidation sites excluding steroid dienone is 4. The molecule has 1 atom stereocenters. The number of hydrogen-bond acceptors (Lipinski definition) is 6. The highest BCUT2D eigenvalue weighted by Crippen LogP contribution is 2.12. The summed E-state index contributed by atoms with van der Waals surface area (Å²) in [5.74, 6) is -0.497. The highest BCUT2D eigenvalue weighted by atomic mass is 16.6. The number of unbranched alkanes of at least 4 members (excludes halogenated alkanes) is 17. The number of esters is 2. The van der Waals surface area contributed by atoms with Crippen molar-refractivity contribution in [2.75, 3.05) is 13.2 Å². The van der Waals surface area contributed by atoms with Gasteiger partial charge in [0.2, 0.25) is 0 Å². The summed E-state index contributed by atoms with van der Waals surface area (Å²) in [5, 5.41) is 9.94. The van der Waals surface area contributed by atoms with Crippen molar-refractivity contribution in [2.24, 2.45) is 0 Å². The second kappa shape index (κ2) is 31.0. The Balaban J connectivity index is 3.55. The third-order valence-electron chi connectivity index (χ3n) is 7.17. The van der Waals surface area contributed by atoms with Gasteiger partial charge in [0.25, 0.3) is 0 Å². The number of hydrogen-bond donors (Lipinski definition) is 1. The molecule has 1 N–H and O–H groups in total. The first kappa shape index (κ1) is 39.0. The Morgan fingerprint density at radius 1 is 0.561 bits per heavy atom. The fraction of sp³-hybridized carbons (Fsp3) is 0.800. The summed E-state index contributed by atoms with van der Waals surface area (Å²) in [4.78, 5) is 35.6. The molecule has 0 bridgehead atoms. The summed E-state index contributed by atoms with van der Waals surface area (Å²) in [5.41, 5.74) is 0. The second-order valence-corrected chi connectivity index (χ2v) is 11.3. The van der Waals surface area contributed by atoms with Crippen LogP contribution in [0.5, 0.6) is 0 Å². The van der Waals surface area contributed by atoms with Gasteiger partial charge in [-0.05, 0) is 38.2 Å². The van der Waals surface area contributed by atoms with Gasteiger partial charge in [-0.1, -0.05) is 128 Å². The first-order valence-corrected chi connectivity index (χ1v) is 16.8. The molecule has 6 heteroatoms. The number of carbonyl (C=O) groups is 3. The summed E-state index contributed by atoms with van der Waals surface area (Å²) >= 11 is 0. The van der Waals surface area contributed by atoms with Crippen molar-refractivity contribution in [2.45, 2.75) is 168 Å². The quantitative estimate of drug-likeness (QED) is 0.0396. The lowest BCUT2D eigenvalue weighted by atomic mass is 10.1. The SMILES string of the molecule is CCCCC/C=C\C=C\C(=O)CCCCCCCC(=O)OC[C@@H](O)COC(=O)CCCCCCCCCCCCC. The minimum absolute atomic E-state index is 0.146. The average Bonchev–Trinajstić information content (AvgIpc) is 2.96. The van der Waals surface area contributed by atoms with E-state index in [1.165, 1.54) is 70.6 Å². The Hall–Kier alpha value is -1.95. The molecule has 0 radical (unpaired) electrons. The molecule has 0 unspecified atom stereocenters. The minimum Gasteiger partial charge on any atom is -0.463 e. The van der Waals surface area contributed by atoms with E-state index in [4.69, 9.17) is 9.47 Å². The molecule has 0 aromatic heterocycles. The molecule has 0 fully saturated rings. The zero-order chi connectivity index (χ0) is 30.2. The molecule has 0 aromatic rings. The van der Waals surface area contributed by atoms with Crippen molar-refractivity contribution in [3.8, 4) is 0 Å². The number of ketones is 1. The third-order valence-corrected chi connectivity index (χ3v) is 7.17. The first-order valence-electron chi connectivity index (χ1n) is 16.8. The maximum absolute atomic E-state index is 11.9. The van der Waals surface area contributed by atoms with E-state index in [0.717, 1.165) is 57.8 Å². The largest absolute Gasteiger partial charge is 0.463 e. The molecule has 0 amide bonds. The van der Waals surface area contributed by atoms with Crippen LogP contribution in [0.2, 0.25) is 0 Å². The molecule has 0 aliphatic rings. The molecular weight excluding hydrogens is 516 g/mol. The lowest BCUT2D eigenvalue weighted by Crippen LogP contribution is -2.25. The Labute approximate surface area is 251 Å². The normalized spacial score (nSPS) is 12.3. The van der Waals surface area contributed by atoms with Gasteiger partial charge in [-0.25, -0.2) is 0 Å². The number of aliphatic hydroxyl groups excluding tert-OH is 1. The number of ether oxygens (including phenoxy) is 2. The summed E-state index contributed by atoms with van der Waals surface area (Å²) < 4.78 is 10.2. The van der Waals surface area contributed by atoms with Gasteiger partial charge in [0, 0.05) is 19.3 Å². The Morgan fingerprint density at radius 2 is 0.976 bits per heavy atom. The fourth-order valence-corrected chi connectivity index (χ4v) is 4.54. The molecule has 0 rings (SSSR count). The van der Waals surface area contributed by atoms with Crippen molar-refractivity contribution in [3.05, 3.63) is 24.3 Å². The van der Waals surface area contributed by atoms with Gasteiger partial charge in [-0.3, -0.25) is 14.4 Å². The minimum atomic E-state index is -0.997. The molecule has 238 valence electrons. The number of rotatable bonds is 30. The van der Waals surface area contributed by atoms with Crippen molar-refractivity contribution in [1.82, 2.24) is 0 Å². The third kappa shape index (κ3) is 30.8. The van der Waals surface area contributed by atoms with Crippen molar-refractivity contribution >= 4 is 17.7 Å². The van der Waals surface area contributed by atoms with Crippen LogP contribution in [0.1, 0.15) is 162 Å². The summed E-state index contributed by atoms with van der Waals surface area (Å²) in [6.45, 7) is 4.12. The van der Waals surface area contributed by atoms with Crippen LogP contribution in [-0.2, 0) is 23.9 Å². The molecule has 0 saturated carbocycles. The highest BCUT2D eigenvalue weighted by molar-refractivity contribution is 5.89. The molecule has 0 spiro atoms. The van der Waals surface area contributed by atoms with E-state index in [0.29, 0.717) is 19.3 Å². The monoisotopic (exact) mass is 578 g/mol. The summed E-state index contributed by atoms with van der Waals surface area (Å²) in [6, 6.07) is 0. The lowest BCUT2D eigenvalue weighted by molar-refractivity contribution is -0.152. The fourth-order valence-electron chi connectivity index (χ4n) is 4.54. The van der Waals surface area contributed by atoms with E-state index in [1.54, 1.807) is 6.08 Å². The molecule has 0 aliphatic carbocycles. The van der Waals surface area contributed by atoms with Gasteiger partial charge in [-0.15, -0.1) is 0 Å². The molecular formula is C35H62O6. The van der Waals surface area contributed by atoms with E-state index in [-0.39, 0.29) is 30.9 Å². The summed E-state index contributed by atoms with van der Waals surface area (Å²) in [7, 11) is 0. The molecule has 41 heavy (non-hydrogen) atoms. The maximum Gasteiger partial charge on any atom is 0.305 e. The number of aliphatic hydroxyl groups is 1. The standard InChI is InChI=1S/C35H62O6/c1-3-5-7-9-11-12-13-14-16-20-24-28-34(38)40-30-33(37)31-41-35(39)29-25-21-17-19-23-27-32(36)26-22-18-15-10-8-6-4-2/h15,18,22,26,33,37H,3-14,16-17,19-21,23-25,27-31H2,1-2H3/b18-15-,26-22+/t33-/m0/s1. The molecule has 0 aliphatic heterocycles. The zero-order valence-electron chi connectivity index (χ0n) is 26.6. The van der Waals surface area contributed by atoms with Crippen LogP contribution in [0.4, 0.5) is 0 Å². The Bertz CT molecular complexity index is 684. The molecule has 0 heterocycles. The predicted molar refractivity (Wildman–Crippen MR) is 169 cm³/mol. The van der Waals surface area contributed by atoms with E-state index < -0.39 is 6.10 Å². The smallest absolute Gasteiger partial charge is 0.305 e. The van der Waals surface area contributed by atoms with Crippen molar-refractivity contribution < 1.29 is 29.0 Å². The van der Waals surface area contributed by atoms with Gasteiger partial charge in [0.05, 0.1) is 0 Å². The number of carbonyl (C=O) groups excluding carboxylic acids is 3. The van der Waals surface area contributed by atoms with E-state index >= 15 is 0 Å². The highest BCUT2D eigenvalue weighted by Gasteiger charge is 2.12. The van der Waals surface area contributed by atoms with Gasteiger partial charge in [0.15, 0.2) is 5.78 Å². The van der Waals surface area contributed by atoms with Crippen LogP contribution < -0.4 is 0 Å². The molecule has 0 saturated heterocycles. The van der Waals surface area contributed by atoms with Crippen LogP contribution >= 0.6 is 0 Å². The van der Waals surface area contributed by atoms with Crippen LogP contribution in [0.25, 0.3) is 0 Å². The van der Waals surface area contributed by atoms with E-state index in [9.17, 15) is 19.5 Å². The molecule has 0 aromatic carbocycles. The lowest BCUT2D eigenvalue weighted by Gasteiger charge is -2.12. The first-order chi connectivity index (χ1) is 20.0. The van der Waals surface area contributed by atoms with Gasteiger partial charge < -0.3 is 14.6 Å². The summed E-state index contributed by atoms with van der Waals surface area (Å²) in [6.07, 6.45) is 30.4. The van der Waals surface area contributed by atoms with Crippen LogP contribution in [0.15, 0.2) is 24.3 Å². The van der Waals surface area contributed by atoms with Gasteiger partial charge >= 0.3 is 11.9 Å². The van der Waals surface area contributed by atoms with Crippen molar-refractivity contribution in [3.63, 3.8) is 0 Å². The van der Waals surface area contributed by atoms with Gasteiger partial charge in [0.1, 0.15) is 19.3 Å². The second-order valence-electron chi connectivity index (χ2n) is 11.3. The van der Waals surface area contributed by atoms with Crippen LogP contribution in [0, 0.1) is 0 Å². The van der Waals surface area contributed by atoms with E-state index in [1.807, 2.05) is 12.2 Å². The van der Waals surface area contributed by atoms with Crippen LogP contribution in [0.3, 0.4) is 0 Å². The van der Waals surface area contributed by atoms with Crippen LogP contribution in [-0.4, -0.2) is 42.1 Å². The predicted octanol–water partition coefficient (Wildman–Crippen LogP) is 9.13. The van der Waals surface area contributed by atoms with E-state index in [2.05, 4.69) is 19.9 Å². The topological polar surface area (TPSA) is 89.9 Å². The maximum atomic E-state index is 11.9. The van der Waals surface area contributed by atoms with Gasteiger partial charge in [-0.2, -0.15) is 0 Å². The Kier molecular flexibility index (Phi) is 29.5. The zero-order valence-corrected chi connectivity index (χ0v) is 26.6.